The highest BCUT2D eigenvalue weighted by molar-refractivity contribution is 7.80. The third kappa shape index (κ3) is 5.77. The third-order valence-electron chi connectivity index (χ3n) is 5.37. The number of halogens is 2. The van der Waals surface area contributed by atoms with Crippen LogP contribution in [-0.2, 0) is 16.2 Å². The van der Waals surface area contributed by atoms with Gasteiger partial charge in [0, 0.05) is 12.1 Å². The van der Waals surface area contributed by atoms with E-state index in [1.807, 2.05) is 0 Å². The summed E-state index contributed by atoms with van der Waals surface area (Å²) in [4.78, 5) is 37.7. The summed E-state index contributed by atoms with van der Waals surface area (Å²) in [7, 11) is 0. The lowest BCUT2D eigenvalue weighted by Crippen LogP contribution is -2.54. The van der Waals surface area contributed by atoms with E-state index < -0.39 is 16.7 Å². The van der Waals surface area contributed by atoms with Gasteiger partial charge in [0.2, 0.25) is 0 Å². The Kier molecular flexibility index (Phi) is 8.26. The zero-order valence-electron chi connectivity index (χ0n) is 19.8. The van der Waals surface area contributed by atoms with E-state index in [0.29, 0.717) is 29.2 Å². The van der Waals surface area contributed by atoms with Gasteiger partial charge in [-0.2, -0.15) is 0 Å². The van der Waals surface area contributed by atoms with E-state index in [1.165, 1.54) is 18.2 Å². The molecule has 0 bridgehead atoms. The van der Waals surface area contributed by atoms with Crippen LogP contribution in [0, 0.1) is 10.1 Å². The molecule has 3 aromatic rings. The summed E-state index contributed by atoms with van der Waals surface area (Å²) in [6.07, 6.45) is 1.40. The molecule has 1 N–H and O–H groups in total. The Morgan fingerprint density at radius 3 is 2.55 bits per heavy atom. The minimum atomic E-state index is -0.674. The van der Waals surface area contributed by atoms with Crippen molar-refractivity contribution in [1.82, 2.24) is 5.32 Å². The predicted octanol–water partition coefficient (Wildman–Crippen LogP) is 5.71. The standard InChI is InChI=1S/C26H19Cl2N3O6S/c1-2-36-22-13-15(9-10-21(22)37-14-16-5-3-6-17(11-16)31(34)35)12-18-24(32)29-26(38)30(25(18)33)20-8-4-7-19(27)23(20)28/h3-13H,2,14H2,1H3,(H,29,32,38)/b18-12+. The van der Waals surface area contributed by atoms with Crippen molar-refractivity contribution in [2.24, 2.45) is 0 Å². The number of carbonyl (C=O) groups excluding carboxylic acids is 2. The van der Waals surface area contributed by atoms with Crippen molar-refractivity contribution in [2.75, 3.05) is 11.5 Å². The summed E-state index contributed by atoms with van der Waals surface area (Å²) in [6.45, 7) is 2.18. The Labute approximate surface area is 232 Å². The largest absolute Gasteiger partial charge is 0.490 e. The maximum atomic E-state index is 13.3. The van der Waals surface area contributed by atoms with Crippen LogP contribution in [-0.4, -0.2) is 28.5 Å². The maximum absolute atomic E-state index is 13.3. The first-order valence-electron chi connectivity index (χ1n) is 11.2. The number of nitrogens with zero attached hydrogens (tertiary/aromatic N) is 2. The Morgan fingerprint density at radius 1 is 1.05 bits per heavy atom. The highest BCUT2D eigenvalue weighted by atomic mass is 35.5. The molecule has 194 valence electrons. The molecular weight excluding hydrogens is 553 g/mol. The number of benzene rings is 3. The number of hydrogen-bond acceptors (Lipinski definition) is 7. The molecule has 0 spiro atoms. The number of nitro groups is 1. The maximum Gasteiger partial charge on any atom is 0.270 e. The molecule has 2 amide bonds. The molecule has 0 aliphatic carbocycles. The minimum Gasteiger partial charge on any atom is -0.490 e. The number of rotatable bonds is 8. The van der Waals surface area contributed by atoms with Gasteiger partial charge in [-0.3, -0.25) is 29.9 Å². The monoisotopic (exact) mass is 571 g/mol. The second-order valence-electron chi connectivity index (χ2n) is 7.89. The minimum absolute atomic E-state index is 0.0406. The zero-order valence-corrected chi connectivity index (χ0v) is 22.1. The lowest BCUT2D eigenvalue weighted by Gasteiger charge is -2.29. The van der Waals surface area contributed by atoms with Crippen LogP contribution in [0.3, 0.4) is 0 Å². The molecule has 1 fully saturated rings. The van der Waals surface area contributed by atoms with Crippen molar-refractivity contribution < 1.29 is 24.0 Å². The highest BCUT2D eigenvalue weighted by Gasteiger charge is 2.35. The van der Waals surface area contributed by atoms with Crippen LogP contribution in [0.1, 0.15) is 18.1 Å². The molecule has 0 aromatic heterocycles. The van der Waals surface area contributed by atoms with Crippen molar-refractivity contribution in [3.63, 3.8) is 0 Å². The van der Waals surface area contributed by atoms with Gasteiger partial charge in [0.15, 0.2) is 16.6 Å². The van der Waals surface area contributed by atoms with Gasteiger partial charge in [-0.1, -0.05) is 47.5 Å². The lowest BCUT2D eigenvalue weighted by atomic mass is 10.1. The fraction of sp³-hybridized carbons (Fsp3) is 0.115. The van der Waals surface area contributed by atoms with Crippen molar-refractivity contribution >= 4 is 69.8 Å². The van der Waals surface area contributed by atoms with E-state index in [2.05, 4.69) is 5.32 Å². The van der Waals surface area contributed by atoms with Crippen LogP contribution in [0.5, 0.6) is 11.5 Å². The van der Waals surface area contributed by atoms with E-state index in [-0.39, 0.29) is 38.7 Å². The van der Waals surface area contributed by atoms with Gasteiger partial charge >= 0.3 is 0 Å². The summed E-state index contributed by atoms with van der Waals surface area (Å²) in [5.41, 5.74) is 1.11. The topological polar surface area (TPSA) is 111 Å². The summed E-state index contributed by atoms with van der Waals surface area (Å²) >= 11 is 17.6. The highest BCUT2D eigenvalue weighted by Crippen LogP contribution is 2.35. The quantitative estimate of drug-likeness (QED) is 0.121. The van der Waals surface area contributed by atoms with Crippen LogP contribution in [0.2, 0.25) is 10.0 Å². The number of carbonyl (C=O) groups is 2. The fourth-order valence-corrected chi connectivity index (χ4v) is 4.28. The average Bonchev–Trinajstić information content (AvgIpc) is 2.88. The fourth-order valence-electron chi connectivity index (χ4n) is 3.63. The number of anilines is 1. The molecule has 0 unspecified atom stereocenters. The molecule has 12 heteroatoms. The van der Waals surface area contributed by atoms with Crippen molar-refractivity contribution in [3.05, 3.63) is 97.5 Å². The second kappa shape index (κ2) is 11.6. The van der Waals surface area contributed by atoms with Crippen LogP contribution >= 0.6 is 35.4 Å². The molecule has 1 aliphatic rings. The smallest absolute Gasteiger partial charge is 0.270 e. The SMILES string of the molecule is CCOc1cc(/C=C2\C(=O)NC(=S)N(c3cccc(Cl)c3Cl)C2=O)ccc1OCc1cccc([N+](=O)[O-])c1. The summed E-state index contributed by atoms with van der Waals surface area (Å²) in [5, 5.41) is 13.7. The number of hydrogen-bond donors (Lipinski definition) is 1. The molecule has 38 heavy (non-hydrogen) atoms. The first kappa shape index (κ1) is 27.1. The van der Waals surface area contributed by atoms with Crippen LogP contribution in [0.4, 0.5) is 11.4 Å². The van der Waals surface area contributed by atoms with Crippen molar-refractivity contribution in [1.29, 1.82) is 0 Å². The molecule has 1 heterocycles. The Bertz CT molecular complexity index is 1490. The van der Waals surface area contributed by atoms with E-state index in [4.69, 9.17) is 44.9 Å². The third-order valence-corrected chi connectivity index (χ3v) is 6.46. The number of ether oxygens (including phenoxy) is 2. The predicted molar refractivity (Wildman–Crippen MR) is 148 cm³/mol. The first-order valence-corrected chi connectivity index (χ1v) is 12.3. The number of non-ortho nitro benzene ring substituents is 1. The number of amides is 2. The summed E-state index contributed by atoms with van der Waals surface area (Å²) in [6, 6.07) is 15.7. The Morgan fingerprint density at radius 2 is 1.82 bits per heavy atom. The second-order valence-corrected chi connectivity index (χ2v) is 9.06. The van der Waals surface area contributed by atoms with Gasteiger partial charge in [0.05, 0.1) is 27.3 Å². The van der Waals surface area contributed by atoms with E-state index in [1.54, 1.807) is 55.5 Å². The molecule has 0 radical (unpaired) electrons. The van der Waals surface area contributed by atoms with Gasteiger partial charge in [-0.05, 0) is 60.6 Å². The van der Waals surface area contributed by atoms with Gasteiger partial charge < -0.3 is 9.47 Å². The Balaban J connectivity index is 1.62. The normalized spacial score (nSPS) is 14.4. The van der Waals surface area contributed by atoms with Crippen LogP contribution in [0.15, 0.2) is 66.2 Å². The van der Waals surface area contributed by atoms with Crippen LogP contribution in [0.25, 0.3) is 6.08 Å². The first-order chi connectivity index (χ1) is 18.2. The summed E-state index contributed by atoms with van der Waals surface area (Å²) in [5.74, 6) is -0.597. The molecule has 3 aromatic carbocycles. The van der Waals surface area contributed by atoms with Gasteiger partial charge in [-0.25, -0.2) is 0 Å². The number of thiocarbonyl (C=S) groups is 1. The van der Waals surface area contributed by atoms with E-state index >= 15 is 0 Å². The molecule has 0 saturated carbocycles. The Hall–Kier alpha value is -3.99. The lowest BCUT2D eigenvalue weighted by molar-refractivity contribution is -0.384. The van der Waals surface area contributed by atoms with Gasteiger partial charge in [-0.15, -0.1) is 0 Å². The van der Waals surface area contributed by atoms with Crippen molar-refractivity contribution in [2.45, 2.75) is 13.5 Å². The molecule has 0 atom stereocenters. The van der Waals surface area contributed by atoms with E-state index in [0.717, 1.165) is 4.90 Å². The van der Waals surface area contributed by atoms with Gasteiger partial charge in [0.1, 0.15) is 12.2 Å². The summed E-state index contributed by atoms with van der Waals surface area (Å²) < 4.78 is 11.5. The molecule has 1 aliphatic heterocycles. The molecule has 4 rings (SSSR count). The van der Waals surface area contributed by atoms with E-state index in [9.17, 15) is 19.7 Å². The molecule has 1 saturated heterocycles. The average molecular weight is 572 g/mol. The zero-order chi connectivity index (χ0) is 27.4. The van der Waals surface area contributed by atoms with Crippen LogP contribution < -0.4 is 19.7 Å². The van der Waals surface area contributed by atoms with Crippen molar-refractivity contribution in [3.8, 4) is 11.5 Å². The molecular formula is C26H19Cl2N3O6S. The van der Waals surface area contributed by atoms with Gasteiger partial charge in [0.25, 0.3) is 17.5 Å². The number of nitrogens with one attached hydrogen (secondary N) is 1. The molecule has 9 nitrogen and oxygen atoms in total. The number of nitro benzene ring substituents is 1.